The molecule has 0 aromatic carbocycles. The molecule has 0 radical (unpaired) electrons. The Kier molecular flexibility index (Phi) is 3.64. The minimum Gasteiger partial charge on any atom is -0.346 e. The first-order valence-electron chi connectivity index (χ1n) is 5.83. The maximum atomic E-state index is 11.6. The Morgan fingerprint density at radius 1 is 1.44 bits per heavy atom. The van der Waals surface area contributed by atoms with Crippen LogP contribution in [0.3, 0.4) is 0 Å². The fraction of sp³-hybridized carbons (Fsp3) is 0.385. The van der Waals surface area contributed by atoms with E-state index in [1.807, 2.05) is 6.08 Å². The Morgan fingerprint density at radius 2 is 2.11 bits per heavy atom. The fourth-order valence-electron chi connectivity index (χ4n) is 2.31. The smallest absolute Gasteiger partial charge is 0.263 e. The van der Waals surface area contributed by atoms with Crippen molar-refractivity contribution in [1.82, 2.24) is 9.88 Å². The average Bonchev–Trinajstić information content (AvgIpc) is 2.69. The summed E-state index contributed by atoms with van der Waals surface area (Å²) in [5.41, 5.74) is 3.48. The summed E-state index contributed by atoms with van der Waals surface area (Å²) in [7, 11) is 0. The molecule has 1 aromatic rings. The number of aryl methyl sites for hydroxylation is 1. The minimum absolute atomic E-state index is 0.0978. The van der Waals surface area contributed by atoms with Gasteiger partial charge in [-0.15, -0.1) is 0 Å². The molecule has 3 nitrogen and oxygen atoms in total. The second-order valence-corrected chi connectivity index (χ2v) is 6.36. The molecule has 1 saturated heterocycles. The van der Waals surface area contributed by atoms with Crippen LogP contribution >= 0.6 is 24.0 Å². The summed E-state index contributed by atoms with van der Waals surface area (Å²) < 4.78 is 2.80. The quantitative estimate of drug-likeness (QED) is 0.667. The predicted molar refractivity (Wildman–Crippen MR) is 80.6 cm³/mol. The summed E-state index contributed by atoms with van der Waals surface area (Å²) >= 11 is 6.30. The van der Waals surface area contributed by atoms with E-state index in [1.54, 1.807) is 0 Å². The molecular weight excluding hydrogens is 264 g/mol. The van der Waals surface area contributed by atoms with E-state index in [2.05, 4.69) is 43.6 Å². The zero-order chi connectivity index (χ0) is 13.4. The van der Waals surface area contributed by atoms with Crippen molar-refractivity contribution >= 4 is 40.3 Å². The Bertz CT molecular complexity index is 556. The molecule has 2 heterocycles. The second kappa shape index (κ2) is 4.90. The van der Waals surface area contributed by atoms with E-state index in [0.29, 0.717) is 15.3 Å². The van der Waals surface area contributed by atoms with Crippen LogP contribution < -0.4 is 5.32 Å². The molecule has 1 fully saturated rings. The van der Waals surface area contributed by atoms with E-state index in [0.717, 1.165) is 5.56 Å². The second-order valence-electron chi connectivity index (χ2n) is 4.64. The Labute approximate surface area is 117 Å². The number of hydrogen-bond donors (Lipinski definition) is 1. The standard InChI is InChI=1S/C13H16N2OS2/c1-7(2)15-8(3)5-10(9(15)4)6-11-12(16)14-13(17)18-11/h5-7H,1-4H3,(H,14,16,17)/b11-6-. The van der Waals surface area contributed by atoms with E-state index in [1.165, 1.54) is 23.1 Å². The molecule has 0 aliphatic carbocycles. The number of carbonyl (C=O) groups is 1. The zero-order valence-electron chi connectivity index (χ0n) is 10.9. The minimum atomic E-state index is -0.0978. The number of thiocarbonyl (C=S) groups is 1. The van der Waals surface area contributed by atoms with Crippen molar-refractivity contribution < 1.29 is 4.79 Å². The van der Waals surface area contributed by atoms with Gasteiger partial charge in [0.1, 0.15) is 4.32 Å². The van der Waals surface area contributed by atoms with Gasteiger partial charge in [0.25, 0.3) is 5.91 Å². The summed E-state index contributed by atoms with van der Waals surface area (Å²) in [4.78, 5) is 12.3. The molecule has 1 amide bonds. The highest BCUT2D eigenvalue weighted by atomic mass is 32.2. The van der Waals surface area contributed by atoms with Gasteiger partial charge < -0.3 is 9.88 Å². The lowest BCUT2D eigenvalue weighted by Gasteiger charge is -2.13. The number of hydrogen-bond acceptors (Lipinski definition) is 3. The molecule has 2 rings (SSSR count). The highest BCUT2D eigenvalue weighted by Gasteiger charge is 2.22. The van der Waals surface area contributed by atoms with Crippen LogP contribution in [-0.2, 0) is 4.79 Å². The number of amides is 1. The van der Waals surface area contributed by atoms with Gasteiger partial charge in [-0.1, -0.05) is 24.0 Å². The van der Waals surface area contributed by atoms with Crippen molar-refractivity contribution in [3.8, 4) is 0 Å². The molecular formula is C13H16N2OS2. The van der Waals surface area contributed by atoms with Crippen molar-refractivity contribution in [2.24, 2.45) is 0 Å². The maximum absolute atomic E-state index is 11.6. The molecule has 0 bridgehead atoms. The van der Waals surface area contributed by atoms with Crippen LogP contribution in [0.2, 0.25) is 0 Å². The van der Waals surface area contributed by atoms with Gasteiger partial charge in [0.15, 0.2) is 0 Å². The van der Waals surface area contributed by atoms with Crippen LogP contribution in [-0.4, -0.2) is 14.8 Å². The van der Waals surface area contributed by atoms with Crippen LogP contribution in [0.4, 0.5) is 0 Å². The van der Waals surface area contributed by atoms with Gasteiger partial charge in [-0.05, 0) is 45.4 Å². The summed E-state index contributed by atoms with van der Waals surface area (Å²) in [6.07, 6.45) is 1.92. The van der Waals surface area contributed by atoms with E-state index < -0.39 is 0 Å². The number of thioether (sulfide) groups is 1. The molecule has 18 heavy (non-hydrogen) atoms. The van der Waals surface area contributed by atoms with Crippen molar-refractivity contribution in [2.75, 3.05) is 0 Å². The summed E-state index contributed by atoms with van der Waals surface area (Å²) in [6, 6.07) is 2.53. The lowest BCUT2D eigenvalue weighted by atomic mass is 10.2. The highest BCUT2D eigenvalue weighted by Crippen LogP contribution is 2.28. The van der Waals surface area contributed by atoms with Gasteiger partial charge in [0.05, 0.1) is 4.91 Å². The molecule has 96 valence electrons. The number of rotatable bonds is 2. The third kappa shape index (κ3) is 2.37. The SMILES string of the molecule is Cc1cc(/C=C2\SC(=S)NC2=O)c(C)n1C(C)C. The van der Waals surface area contributed by atoms with Crippen LogP contribution in [0.25, 0.3) is 6.08 Å². The third-order valence-electron chi connectivity index (χ3n) is 2.97. The number of aromatic nitrogens is 1. The molecule has 0 unspecified atom stereocenters. The first kappa shape index (κ1) is 13.4. The Balaban J connectivity index is 2.42. The largest absolute Gasteiger partial charge is 0.346 e. The first-order valence-corrected chi connectivity index (χ1v) is 7.06. The number of nitrogens with one attached hydrogen (secondary N) is 1. The highest BCUT2D eigenvalue weighted by molar-refractivity contribution is 8.26. The van der Waals surface area contributed by atoms with E-state index >= 15 is 0 Å². The van der Waals surface area contributed by atoms with Crippen LogP contribution in [0.1, 0.15) is 36.8 Å². The molecule has 0 saturated carbocycles. The van der Waals surface area contributed by atoms with Gasteiger partial charge in [-0.3, -0.25) is 4.79 Å². The average molecular weight is 280 g/mol. The van der Waals surface area contributed by atoms with Gasteiger partial charge in [0.2, 0.25) is 0 Å². The van der Waals surface area contributed by atoms with Crippen molar-refractivity contribution in [2.45, 2.75) is 33.7 Å². The topological polar surface area (TPSA) is 34.0 Å². The number of nitrogens with zero attached hydrogens (tertiary/aromatic N) is 1. The van der Waals surface area contributed by atoms with Gasteiger partial charge in [0, 0.05) is 17.4 Å². The first-order chi connectivity index (χ1) is 8.40. The summed E-state index contributed by atoms with van der Waals surface area (Å²) in [6.45, 7) is 8.48. The molecule has 1 aliphatic heterocycles. The summed E-state index contributed by atoms with van der Waals surface area (Å²) in [5.74, 6) is -0.0978. The molecule has 5 heteroatoms. The molecule has 1 aliphatic rings. The van der Waals surface area contributed by atoms with Crippen molar-refractivity contribution in [1.29, 1.82) is 0 Å². The van der Waals surface area contributed by atoms with Crippen LogP contribution in [0, 0.1) is 13.8 Å². The number of carbonyl (C=O) groups excluding carboxylic acids is 1. The van der Waals surface area contributed by atoms with Crippen LogP contribution in [0.15, 0.2) is 11.0 Å². The van der Waals surface area contributed by atoms with Crippen molar-refractivity contribution in [3.63, 3.8) is 0 Å². The van der Waals surface area contributed by atoms with E-state index in [9.17, 15) is 4.79 Å². The van der Waals surface area contributed by atoms with Gasteiger partial charge in [-0.2, -0.15) is 0 Å². The fourth-order valence-corrected chi connectivity index (χ4v) is 3.34. The lowest BCUT2D eigenvalue weighted by Crippen LogP contribution is -2.17. The normalized spacial score (nSPS) is 17.9. The van der Waals surface area contributed by atoms with Gasteiger partial charge in [-0.25, -0.2) is 0 Å². The molecule has 1 aromatic heterocycles. The van der Waals surface area contributed by atoms with E-state index in [4.69, 9.17) is 12.2 Å². The molecule has 0 atom stereocenters. The van der Waals surface area contributed by atoms with Gasteiger partial charge >= 0.3 is 0 Å². The monoisotopic (exact) mass is 280 g/mol. The maximum Gasteiger partial charge on any atom is 0.263 e. The molecule has 0 spiro atoms. The zero-order valence-corrected chi connectivity index (χ0v) is 12.5. The van der Waals surface area contributed by atoms with Crippen LogP contribution in [0.5, 0.6) is 0 Å². The Morgan fingerprint density at radius 3 is 2.56 bits per heavy atom. The lowest BCUT2D eigenvalue weighted by molar-refractivity contribution is -0.115. The summed E-state index contributed by atoms with van der Waals surface area (Å²) in [5, 5.41) is 2.63. The van der Waals surface area contributed by atoms with Crippen molar-refractivity contribution in [3.05, 3.63) is 27.9 Å². The molecule has 1 N–H and O–H groups in total. The predicted octanol–water partition coefficient (Wildman–Crippen LogP) is 3.17. The Hall–Kier alpha value is -1.07. The third-order valence-corrected chi connectivity index (χ3v) is 4.13. The van der Waals surface area contributed by atoms with E-state index in [-0.39, 0.29) is 5.91 Å².